The van der Waals surface area contributed by atoms with Crippen LogP contribution in [0.25, 0.3) is 6.08 Å². The molecule has 0 bridgehead atoms. The van der Waals surface area contributed by atoms with Crippen LogP contribution in [-0.2, 0) is 0 Å². The summed E-state index contributed by atoms with van der Waals surface area (Å²) in [6.07, 6.45) is 3.19. The van der Waals surface area contributed by atoms with Gasteiger partial charge >= 0.3 is 5.97 Å². The van der Waals surface area contributed by atoms with Crippen LogP contribution in [0.2, 0.25) is 0 Å². The molecule has 0 N–H and O–H groups in total. The Morgan fingerprint density at radius 3 is 2.23 bits per heavy atom. The molecule has 0 saturated carbocycles. The molecule has 3 aromatic carbocycles. The van der Waals surface area contributed by atoms with Crippen LogP contribution in [0.15, 0.2) is 72.8 Å². The molecular weight excluding hydrogens is 384 g/mol. The lowest BCUT2D eigenvalue weighted by atomic mass is 10.1. The van der Waals surface area contributed by atoms with E-state index in [0.717, 1.165) is 5.56 Å². The van der Waals surface area contributed by atoms with Crippen molar-refractivity contribution >= 4 is 17.8 Å². The zero-order chi connectivity index (χ0) is 20.9. The van der Waals surface area contributed by atoms with Crippen LogP contribution in [0.4, 0.5) is 0 Å². The smallest absolute Gasteiger partial charge is 0.343 e. The van der Waals surface area contributed by atoms with Crippen LogP contribution in [0.1, 0.15) is 26.3 Å². The first kappa shape index (κ1) is 19.3. The fraction of sp³-hybridized carbons (Fsp3) is 0.0833. The van der Waals surface area contributed by atoms with E-state index in [9.17, 15) is 9.59 Å². The summed E-state index contributed by atoms with van der Waals surface area (Å²) in [6.45, 7) is 0.205. The topological polar surface area (TPSA) is 71.1 Å². The second-order valence-electron chi connectivity index (χ2n) is 6.45. The highest BCUT2D eigenvalue weighted by Crippen LogP contribution is 2.32. The fourth-order valence-electron chi connectivity index (χ4n) is 2.87. The van der Waals surface area contributed by atoms with Gasteiger partial charge in [0.1, 0.15) is 11.5 Å². The van der Waals surface area contributed by atoms with Gasteiger partial charge in [0.15, 0.2) is 17.3 Å². The second-order valence-corrected chi connectivity index (χ2v) is 6.45. The predicted octanol–water partition coefficient (Wildman–Crippen LogP) is 4.54. The van der Waals surface area contributed by atoms with E-state index in [-0.39, 0.29) is 12.6 Å². The molecule has 6 heteroatoms. The molecule has 6 nitrogen and oxygen atoms in total. The van der Waals surface area contributed by atoms with Crippen molar-refractivity contribution in [3.63, 3.8) is 0 Å². The van der Waals surface area contributed by atoms with Crippen molar-refractivity contribution in [3.05, 3.63) is 89.5 Å². The quantitative estimate of drug-likeness (QED) is 0.261. The molecule has 3 aromatic rings. The molecule has 150 valence electrons. The third kappa shape index (κ3) is 4.33. The largest absolute Gasteiger partial charge is 0.497 e. The lowest BCUT2D eigenvalue weighted by Gasteiger charge is -2.06. The van der Waals surface area contributed by atoms with E-state index < -0.39 is 5.97 Å². The van der Waals surface area contributed by atoms with E-state index in [1.807, 2.05) is 12.1 Å². The highest BCUT2D eigenvalue weighted by atomic mass is 16.7. The monoisotopic (exact) mass is 402 g/mol. The van der Waals surface area contributed by atoms with E-state index >= 15 is 0 Å². The third-order valence-corrected chi connectivity index (χ3v) is 4.50. The van der Waals surface area contributed by atoms with Gasteiger partial charge in [-0.2, -0.15) is 0 Å². The maximum atomic E-state index is 12.4. The Morgan fingerprint density at radius 1 is 0.833 bits per heavy atom. The zero-order valence-electron chi connectivity index (χ0n) is 16.2. The van der Waals surface area contributed by atoms with Gasteiger partial charge in [-0.25, -0.2) is 4.79 Å². The highest BCUT2D eigenvalue weighted by molar-refractivity contribution is 6.07. The van der Waals surface area contributed by atoms with Crippen molar-refractivity contribution in [1.82, 2.24) is 0 Å². The number of allylic oxidation sites excluding steroid dienone is 1. The Morgan fingerprint density at radius 2 is 1.50 bits per heavy atom. The molecule has 0 fully saturated rings. The molecule has 4 rings (SSSR count). The van der Waals surface area contributed by atoms with Crippen LogP contribution < -0.4 is 18.9 Å². The number of ketones is 1. The standard InChI is InChI=1S/C24H18O6/c1-27-19-8-6-18(7-9-19)24(26)30-20-10-4-17(5-11-20)21(25)12-2-16-3-13-22-23(14-16)29-15-28-22/h2-14H,15H2,1H3/b12-2-. The lowest BCUT2D eigenvalue weighted by Crippen LogP contribution is -2.08. The lowest BCUT2D eigenvalue weighted by molar-refractivity contribution is 0.0734. The summed E-state index contributed by atoms with van der Waals surface area (Å²) in [4.78, 5) is 24.6. The van der Waals surface area contributed by atoms with Crippen molar-refractivity contribution in [2.75, 3.05) is 13.9 Å². The molecule has 0 unspecified atom stereocenters. The SMILES string of the molecule is COc1ccc(C(=O)Oc2ccc(C(=O)/C=C\c3ccc4c(c3)OCO4)cc2)cc1. The molecule has 0 radical (unpaired) electrons. The first-order chi connectivity index (χ1) is 14.6. The Bertz CT molecular complexity index is 1100. The molecule has 0 atom stereocenters. The third-order valence-electron chi connectivity index (χ3n) is 4.50. The summed E-state index contributed by atoms with van der Waals surface area (Å²) in [5.41, 5.74) is 1.72. The number of esters is 1. The Kier molecular flexibility index (Phi) is 5.48. The average molecular weight is 402 g/mol. The van der Waals surface area contributed by atoms with Gasteiger partial charge in [0.2, 0.25) is 6.79 Å². The fourth-order valence-corrected chi connectivity index (χ4v) is 2.87. The molecule has 30 heavy (non-hydrogen) atoms. The average Bonchev–Trinajstić information content (AvgIpc) is 3.26. The molecule has 1 aliphatic heterocycles. The summed E-state index contributed by atoms with van der Waals surface area (Å²) < 4.78 is 21.0. The molecule has 0 amide bonds. The minimum atomic E-state index is -0.487. The number of benzene rings is 3. The Hall–Kier alpha value is -4.06. The Labute approximate surface area is 173 Å². The number of carbonyl (C=O) groups excluding carboxylic acids is 2. The number of hydrogen-bond acceptors (Lipinski definition) is 6. The normalized spacial score (nSPS) is 12.0. The second kappa shape index (κ2) is 8.53. The summed E-state index contributed by atoms with van der Waals surface area (Å²) in [6, 6.07) is 18.5. The van der Waals surface area contributed by atoms with Gasteiger partial charge in [0, 0.05) is 5.56 Å². The molecule has 0 aliphatic carbocycles. The minimum Gasteiger partial charge on any atom is -0.497 e. The number of hydrogen-bond donors (Lipinski definition) is 0. The van der Waals surface area contributed by atoms with Crippen LogP contribution in [0, 0.1) is 0 Å². The van der Waals surface area contributed by atoms with Crippen molar-refractivity contribution in [2.45, 2.75) is 0 Å². The van der Waals surface area contributed by atoms with Crippen molar-refractivity contribution in [2.24, 2.45) is 0 Å². The van der Waals surface area contributed by atoms with Crippen molar-refractivity contribution in [1.29, 1.82) is 0 Å². The van der Waals surface area contributed by atoms with Gasteiger partial charge in [-0.15, -0.1) is 0 Å². The first-order valence-electron chi connectivity index (χ1n) is 9.21. The van der Waals surface area contributed by atoms with Gasteiger partial charge in [-0.05, 0) is 72.3 Å². The van der Waals surface area contributed by atoms with Gasteiger partial charge in [-0.1, -0.05) is 12.1 Å². The zero-order valence-corrected chi connectivity index (χ0v) is 16.2. The maximum absolute atomic E-state index is 12.4. The van der Waals surface area contributed by atoms with E-state index in [2.05, 4.69) is 0 Å². The Balaban J connectivity index is 1.38. The van der Waals surface area contributed by atoms with E-state index in [0.29, 0.717) is 34.1 Å². The van der Waals surface area contributed by atoms with Crippen LogP contribution in [0.5, 0.6) is 23.0 Å². The van der Waals surface area contributed by atoms with Crippen LogP contribution in [0.3, 0.4) is 0 Å². The summed E-state index contributed by atoms with van der Waals surface area (Å²) >= 11 is 0. The molecule has 1 aliphatic rings. The summed E-state index contributed by atoms with van der Waals surface area (Å²) in [5, 5.41) is 0. The predicted molar refractivity (Wildman–Crippen MR) is 110 cm³/mol. The summed E-state index contributed by atoms with van der Waals surface area (Å²) in [5.74, 6) is 1.71. The summed E-state index contributed by atoms with van der Waals surface area (Å²) in [7, 11) is 1.56. The van der Waals surface area contributed by atoms with E-state index in [1.54, 1.807) is 67.8 Å². The molecule has 1 heterocycles. The number of ether oxygens (including phenoxy) is 4. The van der Waals surface area contributed by atoms with Crippen molar-refractivity contribution < 1.29 is 28.5 Å². The van der Waals surface area contributed by atoms with Gasteiger partial charge in [0.25, 0.3) is 0 Å². The number of fused-ring (bicyclic) bond motifs is 1. The van der Waals surface area contributed by atoms with E-state index in [1.165, 1.54) is 6.08 Å². The number of methoxy groups -OCH3 is 1. The van der Waals surface area contributed by atoms with Gasteiger partial charge < -0.3 is 18.9 Å². The molecule has 0 aromatic heterocycles. The number of rotatable bonds is 6. The molecule has 0 spiro atoms. The molecular formula is C24H18O6. The van der Waals surface area contributed by atoms with Crippen molar-refractivity contribution in [3.8, 4) is 23.0 Å². The first-order valence-corrected chi connectivity index (χ1v) is 9.21. The van der Waals surface area contributed by atoms with Crippen LogP contribution >= 0.6 is 0 Å². The van der Waals surface area contributed by atoms with Gasteiger partial charge in [-0.3, -0.25) is 4.79 Å². The maximum Gasteiger partial charge on any atom is 0.343 e. The van der Waals surface area contributed by atoms with Crippen LogP contribution in [-0.4, -0.2) is 25.7 Å². The number of carbonyl (C=O) groups is 2. The van der Waals surface area contributed by atoms with E-state index in [4.69, 9.17) is 18.9 Å². The minimum absolute atomic E-state index is 0.166. The van der Waals surface area contributed by atoms with Gasteiger partial charge in [0.05, 0.1) is 12.7 Å². The molecule has 0 saturated heterocycles. The highest BCUT2D eigenvalue weighted by Gasteiger charge is 2.13.